The molecule has 0 N–H and O–H groups in total. The smallest absolute Gasteiger partial charge is 0.326 e. The molecule has 10 heteroatoms. The molecular weight excluding hydrogens is 422 g/mol. The van der Waals surface area contributed by atoms with E-state index in [1.165, 1.54) is 37.4 Å². The van der Waals surface area contributed by atoms with Gasteiger partial charge in [-0.05, 0) is 37.3 Å². The molecule has 0 radical (unpaired) electrons. The molecule has 0 amide bonds. The van der Waals surface area contributed by atoms with Crippen LogP contribution < -0.4 is 18.5 Å². The second kappa shape index (κ2) is 8.79. The van der Waals surface area contributed by atoms with Gasteiger partial charge in [0.15, 0.2) is 11.5 Å². The molecule has 156 valence electrons. The Hall–Kier alpha value is -2.65. The van der Waals surface area contributed by atoms with E-state index in [2.05, 4.69) is 0 Å². The predicted octanol–water partition coefficient (Wildman–Crippen LogP) is 2.88. The highest BCUT2D eigenvalue weighted by Gasteiger charge is 2.31. The minimum absolute atomic E-state index is 0.0759. The summed E-state index contributed by atoms with van der Waals surface area (Å²) in [7, 11) is -2.80. The van der Waals surface area contributed by atoms with Crippen molar-refractivity contribution in [3.8, 4) is 17.2 Å². The van der Waals surface area contributed by atoms with E-state index in [-0.39, 0.29) is 28.0 Å². The van der Waals surface area contributed by atoms with E-state index in [1.54, 1.807) is 13.0 Å². The summed E-state index contributed by atoms with van der Waals surface area (Å²) >= 11 is 6.08. The number of esters is 1. The van der Waals surface area contributed by atoms with Gasteiger partial charge in [-0.15, -0.1) is 0 Å². The first-order valence-corrected chi connectivity index (χ1v) is 10.6. The van der Waals surface area contributed by atoms with Crippen LogP contribution in [0.4, 0.5) is 5.69 Å². The maximum absolute atomic E-state index is 13.5. The molecule has 1 heterocycles. The van der Waals surface area contributed by atoms with E-state index >= 15 is 0 Å². The number of fused-ring (bicyclic) bond motifs is 1. The fourth-order valence-corrected chi connectivity index (χ4v) is 4.39. The highest BCUT2D eigenvalue weighted by Crippen LogP contribution is 2.37. The molecule has 0 saturated heterocycles. The first-order chi connectivity index (χ1) is 13.9. The van der Waals surface area contributed by atoms with Crippen LogP contribution >= 0.6 is 11.6 Å². The lowest BCUT2D eigenvalue weighted by Crippen LogP contribution is -2.37. The number of anilines is 1. The zero-order chi connectivity index (χ0) is 21.0. The molecular formula is C19H20ClNO7S. The summed E-state index contributed by atoms with van der Waals surface area (Å²) in [6.45, 7) is 1.89. The number of hydrogen-bond acceptors (Lipinski definition) is 7. The van der Waals surface area contributed by atoms with Crippen LogP contribution in [0.15, 0.2) is 41.3 Å². The van der Waals surface area contributed by atoms with Crippen molar-refractivity contribution >= 4 is 33.3 Å². The highest BCUT2D eigenvalue weighted by atomic mass is 35.5. The van der Waals surface area contributed by atoms with Crippen LogP contribution in [0.1, 0.15) is 6.92 Å². The minimum Gasteiger partial charge on any atom is -0.495 e. The van der Waals surface area contributed by atoms with Crippen LogP contribution in [-0.2, 0) is 19.6 Å². The number of hydrogen-bond donors (Lipinski definition) is 0. The molecule has 0 bridgehead atoms. The van der Waals surface area contributed by atoms with Gasteiger partial charge in [0.25, 0.3) is 10.0 Å². The number of halogens is 1. The molecule has 1 aliphatic heterocycles. The summed E-state index contributed by atoms with van der Waals surface area (Å²) in [5, 5.41) is 0.284. The van der Waals surface area contributed by atoms with Crippen molar-refractivity contribution < 1.29 is 32.2 Å². The zero-order valence-electron chi connectivity index (χ0n) is 15.9. The average molecular weight is 442 g/mol. The highest BCUT2D eigenvalue weighted by molar-refractivity contribution is 7.92. The van der Waals surface area contributed by atoms with Crippen LogP contribution in [0, 0.1) is 0 Å². The van der Waals surface area contributed by atoms with Crippen molar-refractivity contribution in [1.29, 1.82) is 0 Å². The molecule has 0 aliphatic carbocycles. The number of carbonyl (C=O) groups is 1. The maximum Gasteiger partial charge on any atom is 0.326 e. The molecule has 8 nitrogen and oxygen atoms in total. The quantitative estimate of drug-likeness (QED) is 0.610. The van der Waals surface area contributed by atoms with Crippen molar-refractivity contribution in [2.45, 2.75) is 11.8 Å². The van der Waals surface area contributed by atoms with E-state index in [1.807, 2.05) is 0 Å². The van der Waals surface area contributed by atoms with E-state index in [0.29, 0.717) is 24.7 Å². The summed E-state index contributed by atoms with van der Waals surface area (Å²) in [4.78, 5) is 12.1. The molecule has 0 atom stereocenters. The summed E-state index contributed by atoms with van der Waals surface area (Å²) in [6, 6.07) is 8.75. The number of nitrogens with zero attached hydrogens (tertiary/aromatic N) is 1. The van der Waals surface area contributed by atoms with Crippen LogP contribution in [0.25, 0.3) is 0 Å². The van der Waals surface area contributed by atoms with Gasteiger partial charge in [0, 0.05) is 11.1 Å². The minimum atomic E-state index is -4.19. The topological polar surface area (TPSA) is 91.4 Å². The third-order valence-corrected chi connectivity index (χ3v) is 6.08. The number of rotatable bonds is 7. The van der Waals surface area contributed by atoms with E-state index < -0.39 is 22.5 Å². The number of ether oxygens (including phenoxy) is 4. The summed E-state index contributed by atoms with van der Waals surface area (Å²) < 4.78 is 49.0. The fourth-order valence-electron chi connectivity index (χ4n) is 2.79. The largest absolute Gasteiger partial charge is 0.495 e. The lowest BCUT2D eigenvalue weighted by Gasteiger charge is -2.26. The number of benzene rings is 2. The summed E-state index contributed by atoms with van der Waals surface area (Å²) in [6.07, 6.45) is 0. The van der Waals surface area contributed by atoms with Gasteiger partial charge in [0.1, 0.15) is 25.5 Å². The molecule has 0 saturated carbocycles. The van der Waals surface area contributed by atoms with Crippen molar-refractivity contribution in [1.82, 2.24) is 0 Å². The number of methoxy groups -OCH3 is 1. The molecule has 0 fully saturated rings. The van der Waals surface area contributed by atoms with Gasteiger partial charge in [-0.25, -0.2) is 8.42 Å². The Bertz CT molecular complexity index is 1010. The summed E-state index contributed by atoms with van der Waals surface area (Å²) in [5.41, 5.74) is 0.114. The van der Waals surface area contributed by atoms with Crippen molar-refractivity contribution in [3.63, 3.8) is 0 Å². The molecule has 0 unspecified atom stereocenters. The van der Waals surface area contributed by atoms with Gasteiger partial charge in [0.05, 0.1) is 24.3 Å². The third kappa shape index (κ3) is 4.51. The van der Waals surface area contributed by atoms with E-state index in [0.717, 1.165) is 4.31 Å². The van der Waals surface area contributed by atoms with Crippen molar-refractivity contribution in [3.05, 3.63) is 41.4 Å². The lowest BCUT2D eigenvalue weighted by molar-refractivity contribution is -0.141. The molecule has 0 spiro atoms. The Morgan fingerprint density at radius 2 is 1.86 bits per heavy atom. The van der Waals surface area contributed by atoms with E-state index in [9.17, 15) is 13.2 Å². The van der Waals surface area contributed by atoms with Gasteiger partial charge in [-0.1, -0.05) is 11.6 Å². The monoisotopic (exact) mass is 441 g/mol. The van der Waals surface area contributed by atoms with Crippen molar-refractivity contribution in [2.75, 3.05) is 37.8 Å². The van der Waals surface area contributed by atoms with Gasteiger partial charge >= 0.3 is 5.97 Å². The van der Waals surface area contributed by atoms with Gasteiger partial charge in [0.2, 0.25) is 0 Å². The lowest BCUT2D eigenvalue weighted by atomic mass is 10.3. The molecule has 0 aromatic heterocycles. The SMILES string of the molecule is CCOC(=O)CN(c1cc(Cl)ccc1OC)S(=O)(=O)c1ccc2c(c1)OCCO2. The Kier molecular flexibility index (Phi) is 6.39. The van der Waals surface area contributed by atoms with Crippen LogP contribution in [-0.4, -0.2) is 47.9 Å². The molecule has 2 aromatic carbocycles. The second-order valence-electron chi connectivity index (χ2n) is 5.94. The molecule has 3 rings (SSSR count). The Labute approximate surface area is 173 Å². The molecule has 29 heavy (non-hydrogen) atoms. The standard InChI is InChI=1S/C19H20ClNO7S/c1-3-26-19(22)12-21(15-10-13(20)4-6-16(15)25-2)29(23,24)14-5-7-17-18(11-14)28-9-8-27-17/h4-7,10-11H,3,8-9,12H2,1-2H3. The van der Waals surface area contributed by atoms with Crippen molar-refractivity contribution in [2.24, 2.45) is 0 Å². The number of sulfonamides is 1. The molecule has 1 aliphatic rings. The molecule has 2 aromatic rings. The van der Waals surface area contributed by atoms with Gasteiger partial charge in [-0.2, -0.15) is 0 Å². The van der Waals surface area contributed by atoms with Crippen LogP contribution in [0.2, 0.25) is 5.02 Å². The first kappa shape index (κ1) is 21.1. The normalized spacial score (nSPS) is 12.9. The second-order valence-corrected chi connectivity index (χ2v) is 8.24. The average Bonchev–Trinajstić information content (AvgIpc) is 2.71. The summed E-state index contributed by atoms with van der Waals surface area (Å²) in [5.74, 6) is 0.286. The number of carbonyl (C=O) groups excluding carboxylic acids is 1. The van der Waals surface area contributed by atoms with Crippen LogP contribution in [0.3, 0.4) is 0 Å². The zero-order valence-corrected chi connectivity index (χ0v) is 17.5. The predicted molar refractivity (Wildman–Crippen MR) is 107 cm³/mol. The van der Waals surface area contributed by atoms with E-state index in [4.69, 9.17) is 30.5 Å². The maximum atomic E-state index is 13.5. The third-order valence-electron chi connectivity index (χ3n) is 4.09. The Balaban J connectivity index is 2.10. The Morgan fingerprint density at radius 1 is 1.14 bits per heavy atom. The van der Waals surface area contributed by atoms with Crippen LogP contribution in [0.5, 0.6) is 17.2 Å². The first-order valence-electron chi connectivity index (χ1n) is 8.78. The van der Waals surface area contributed by atoms with Gasteiger partial charge in [-0.3, -0.25) is 9.10 Å². The van der Waals surface area contributed by atoms with Gasteiger partial charge < -0.3 is 18.9 Å². The Morgan fingerprint density at radius 3 is 2.55 bits per heavy atom. The fraction of sp³-hybridized carbons (Fsp3) is 0.316.